The molecule has 0 fully saturated rings. The molecule has 0 atom stereocenters. The molecule has 6 aromatic carbocycles. The fourth-order valence-electron chi connectivity index (χ4n) is 7.51. The smallest absolute Gasteiger partial charge is 0.148 e. The number of hydrogen-bond acceptors (Lipinski definition) is 3. The Bertz CT molecular complexity index is 2860. The maximum absolute atomic E-state index is 11.7. The van der Waals surface area contributed by atoms with E-state index in [0.29, 0.717) is 17.0 Å². The number of rotatable bonds is 6. The van der Waals surface area contributed by atoms with E-state index in [-0.39, 0.29) is 32.2 Å². The van der Waals surface area contributed by atoms with Gasteiger partial charge in [-0.05, 0) is 88.4 Å². The van der Waals surface area contributed by atoms with Crippen molar-refractivity contribution in [3.05, 3.63) is 168 Å². The summed E-state index contributed by atoms with van der Waals surface area (Å²) in [5, 5.41) is 11.7. The van der Waals surface area contributed by atoms with Gasteiger partial charge in [0.1, 0.15) is 11.6 Å². The second-order valence-electron chi connectivity index (χ2n) is 16.4. The fourth-order valence-corrected chi connectivity index (χ4v) is 7.51. The van der Waals surface area contributed by atoms with E-state index in [4.69, 9.17) is 14.1 Å². The van der Waals surface area contributed by atoms with Gasteiger partial charge in [0.25, 0.3) is 0 Å². The number of imidazole rings is 1. The van der Waals surface area contributed by atoms with Gasteiger partial charge in [-0.1, -0.05) is 144 Å². The number of phenolic OH excluding ortho intramolecular Hbond substituents is 1. The van der Waals surface area contributed by atoms with Gasteiger partial charge in [0, 0.05) is 42.6 Å². The van der Waals surface area contributed by atoms with Gasteiger partial charge >= 0.3 is 0 Å². The molecule has 4 nitrogen and oxygen atoms in total. The van der Waals surface area contributed by atoms with Crippen LogP contribution in [0.3, 0.4) is 0 Å². The van der Waals surface area contributed by atoms with Crippen LogP contribution >= 0.6 is 0 Å². The van der Waals surface area contributed by atoms with E-state index in [0.717, 1.165) is 78.0 Å². The molecule has 8 rings (SSSR count). The van der Waals surface area contributed by atoms with Crippen molar-refractivity contribution in [2.24, 2.45) is 0 Å². The summed E-state index contributed by atoms with van der Waals surface area (Å²) in [6.07, 6.45) is 1.86. The predicted octanol–water partition coefficient (Wildman–Crippen LogP) is 13.5. The first kappa shape index (κ1) is 35.8. The minimum atomic E-state index is -2.23. The van der Waals surface area contributed by atoms with Crippen LogP contribution in [0.1, 0.15) is 67.8 Å². The number of phenols is 1. The Morgan fingerprint density at radius 2 is 1.33 bits per heavy atom. The zero-order valence-corrected chi connectivity index (χ0v) is 35.7. The van der Waals surface area contributed by atoms with Crippen molar-refractivity contribution < 1.29 is 30.3 Å². The van der Waals surface area contributed by atoms with Crippen molar-refractivity contribution in [2.45, 2.75) is 66.1 Å². The summed E-state index contributed by atoms with van der Waals surface area (Å²) in [7, 11) is 0. The molecule has 0 aliphatic carbocycles. The molecular formula is C52H48N3OPt-. The Kier molecular flexibility index (Phi) is 9.68. The van der Waals surface area contributed by atoms with E-state index >= 15 is 0 Å². The summed E-state index contributed by atoms with van der Waals surface area (Å²) < 4.78 is 27.4. The van der Waals surface area contributed by atoms with E-state index in [1.165, 1.54) is 0 Å². The average molecular weight is 929 g/mol. The predicted molar refractivity (Wildman–Crippen MR) is 233 cm³/mol. The normalized spacial score (nSPS) is 12.8. The molecule has 8 aromatic rings. The number of aryl methyl sites for hydroxylation is 2. The summed E-state index contributed by atoms with van der Waals surface area (Å²) in [6, 6.07) is 48.7. The largest absolute Gasteiger partial charge is 0.507 e. The van der Waals surface area contributed by atoms with Gasteiger partial charge in [0.05, 0.1) is 22.3 Å². The van der Waals surface area contributed by atoms with E-state index < -0.39 is 12.3 Å². The van der Waals surface area contributed by atoms with E-state index in [2.05, 4.69) is 73.9 Å². The number of hydrogen-bond donors (Lipinski definition) is 1. The average Bonchev–Trinajstić information content (AvgIpc) is 3.61. The summed E-state index contributed by atoms with van der Waals surface area (Å²) in [5.74, 6) is 0.726. The van der Waals surface area contributed by atoms with Crippen LogP contribution in [0.4, 0.5) is 0 Å². The molecule has 0 amide bonds. The molecule has 0 radical (unpaired) electrons. The van der Waals surface area contributed by atoms with Crippen LogP contribution in [-0.4, -0.2) is 19.6 Å². The maximum atomic E-state index is 11.7. The third-order valence-corrected chi connectivity index (χ3v) is 10.6. The van der Waals surface area contributed by atoms with Gasteiger partial charge in [0.15, 0.2) is 0 Å². The number of pyridine rings is 1. The van der Waals surface area contributed by atoms with Crippen molar-refractivity contribution in [3.63, 3.8) is 0 Å². The standard InChI is InChI=1S/C52H48N3O.Pt/c1-33-26-34(2)49(56)44(27-33)50-54-48-42(20-15-21-47(48)55(50)46-23-22-40(51(3,4)5)32-43(46)36-18-13-10-14-19-36)38-28-39(30-41(29-38)52(6,7)8)45-31-37(24-25-53-45)35-16-11-9-12-17-35;/h9-27,29-32,56H,1-8H3;/q-1;/i3D3;. The van der Waals surface area contributed by atoms with Crippen molar-refractivity contribution >= 4 is 11.0 Å². The quantitative estimate of drug-likeness (QED) is 0.169. The molecule has 2 aromatic heterocycles. The van der Waals surface area contributed by atoms with Crippen LogP contribution in [-0.2, 0) is 31.9 Å². The summed E-state index contributed by atoms with van der Waals surface area (Å²) >= 11 is 0. The Morgan fingerprint density at radius 3 is 2.04 bits per heavy atom. The van der Waals surface area contributed by atoms with Crippen molar-refractivity contribution in [1.82, 2.24) is 14.5 Å². The maximum Gasteiger partial charge on any atom is 0.148 e. The second kappa shape index (κ2) is 15.4. The molecule has 2 heterocycles. The Labute approximate surface area is 355 Å². The Balaban J connectivity index is 0.00000544. The Morgan fingerprint density at radius 1 is 0.632 bits per heavy atom. The van der Waals surface area contributed by atoms with E-state index in [9.17, 15) is 5.11 Å². The molecule has 0 saturated heterocycles. The number of para-hydroxylation sites is 1. The SMILES string of the molecule is [2H]C([2H])([2H])C(C)(C)c1ccc(-n2c(-c3cc(C)cc(C)c3O)nc3c(-c4[c-]c(-c5cc(-c6ccccc6)ccn5)cc(C(C)(C)C)c4)cccc32)c(-c2ccccc2)c1.[Pt]. The van der Waals surface area contributed by atoms with Crippen molar-refractivity contribution in [1.29, 1.82) is 0 Å². The summed E-state index contributed by atoms with van der Waals surface area (Å²) in [5.41, 5.74) is 12.7. The van der Waals surface area contributed by atoms with Gasteiger partial charge in [-0.15, -0.1) is 29.3 Å². The number of nitrogens with zero attached hydrogens (tertiary/aromatic N) is 3. The van der Waals surface area contributed by atoms with Gasteiger partial charge < -0.3 is 5.11 Å². The summed E-state index contributed by atoms with van der Waals surface area (Å²) in [6.45, 7) is 11.9. The van der Waals surface area contributed by atoms with Gasteiger partial charge in [-0.3, -0.25) is 9.55 Å². The summed E-state index contributed by atoms with van der Waals surface area (Å²) in [4.78, 5) is 10.3. The van der Waals surface area contributed by atoms with Crippen molar-refractivity contribution in [3.8, 4) is 67.5 Å². The van der Waals surface area contributed by atoms with Gasteiger partial charge in [0.2, 0.25) is 0 Å². The minimum absolute atomic E-state index is 0. The van der Waals surface area contributed by atoms with E-state index in [1.807, 2.05) is 111 Å². The molecule has 5 heteroatoms. The monoisotopic (exact) mass is 928 g/mol. The molecule has 0 unspecified atom stereocenters. The van der Waals surface area contributed by atoms with Crippen LogP contribution in [0.2, 0.25) is 0 Å². The van der Waals surface area contributed by atoms with Crippen LogP contribution in [0.15, 0.2) is 140 Å². The van der Waals surface area contributed by atoms with Gasteiger partial charge in [-0.25, -0.2) is 4.98 Å². The zero-order valence-electron chi connectivity index (χ0n) is 36.4. The van der Waals surface area contributed by atoms with E-state index in [1.54, 1.807) is 13.8 Å². The van der Waals surface area contributed by atoms with Crippen LogP contribution in [0.5, 0.6) is 5.75 Å². The zero-order chi connectivity index (χ0) is 41.9. The first-order valence-electron chi connectivity index (χ1n) is 20.6. The van der Waals surface area contributed by atoms with Crippen LogP contribution in [0, 0.1) is 19.9 Å². The second-order valence-corrected chi connectivity index (χ2v) is 16.4. The van der Waals surface area contributed by atoms with Crippen molar-refractivity contribution in [2.75, 3.05) is 0 Å². The first-order valence-corrected chi connectivity index (χ1v) is 19.1. The first-order chi connectivity index (χ1) is 28.0. The molecule has 0 aliphatic heterocycles. The molecule has 57 heavy (non-hydrogen) atoms. The number of benzene rings is 6. The van der Waals surface area contributed by atoms with Crippen LogP contribution < -0.4 is 0 Å². The molecular weight excluding hydrogens is 878 g/mol. The van der Waals surface area contributed by atoms with Crippen LogP contribution in [0.25, 0.3) is 72.7 Å². The molecule has 0 spiro atoms. The topological polar surface area (TPSA) is 50.9 Å². The molecule has 0 saturated carbocycles. The number of aromatic hydroxyl groups is 1. The third-order valence-electron chi connectivity index (χ3n) is 10.6. The molecule has 0 aliphatic rings. The third kappa shape index (κ3) is 7.76. The minimum Gasteiger partial charge on any atom is -0.507 e. The number of aromatic nitrogens is 3. The fraction of sp³-hybridized carbons (Fsp3) is 0.192. The molecule has 288 valence electrons. The molecule has 1 N–H and O–H groups in total. The Hall–Kier alpha value is -5.57. The molecule has 0 bridgehead atoms. The van der Waals surface area contributed by atoms with Gasteiger partial charge in [-0.2, -0.15) is 0 Å². The number of fused-ring (bicyclic) bond motifs is 1.